The minimum atomic E-state index is -0.736. The SMILES string of the molecule is O=C(NNC(=S)Nc1cc(F)cc(F)c1)c1cccnc1. The van der Waals surface area contributed by atoms with Crippen LogP contribution < -0.4 is 16.2 Å². The third-order valence-electron chi connectivity index (χ3n) is 2.33. The molecule has 1 heterocycles. The van der Waals surface area contributed by atoms with Gasteiger partial charge in [-0.3, -0.25) is 20.6 Å². The number of nitrogens with zero attached hydrogens (tertiary/aromatic N) is 1. The Hall–Kier alpha value is -2.61. The Labute approximate surface area is 124 Å². The van der Waals surface area contributed by atoms with E-state index in [0.29, 0.717) is 5.56 Å². The van der Waals surface area contributed by atoms with Crippen LogP contribution in [0.25, 0.3) is 0 Å². The first-order valence-corrected chi connectivity index (χ1v) is 6.19. The van der Waals surface area contributed by atoms with E-state index in [1.807, 2.05) is 0 Å². The zero-order chi connectivity index (χ0) is 15.2. The molecule has 0 aliphatic heterocycles. The van der Waals surface area contributed by atoms with E-state index >= 15 is 0 Å². The first kappa shape index (κ1) is 14.8. The van der Waals surface area contributed by atoms with E-state index in [0.717, 1.165) is 18.2 Å². The van der Waals surface area contributed by atoms with E-state index in [1.54, 1.807) is 12.1 Å². The second-order valence-electron chi connectivity index (χ2n) is 3.93. The van der Waals surface area contributed by atoms with Crippen molar-refractivity contribution in [2.24, 2.45) is 0 Å². The summed E-state index contributed by atoms with van der Waals surface area (Å²) in [6, 6.07) is 6.06. The van der Waals surface area contributed by atoms with Crippen LogP contribution in [-0.2, 0) is 0 Å². The number of amides is 1. The molecule has 0 bridgehead atoms. The highest BCUT2D eigenvalue weighted by Gasteiger charge is 2.06. The van der Waals surface area contributed by atoms with Crippen LogP contribution in [0.2, 0.25) is 0 Å². The maximum atomic E-state index is 13.0. The average molecular weight is 308 g/mol. The summed E-state index contributed by atoms with van der Waals surface area (Å²) in [4.78, 5) is 15.5. The van der Waals surface area contributed by atoms with Gasteiger partial charge in [0.2, 0.25) is 0 Å². The molecule has 21 heavy (non-hydrogen) atoms. The fourth-order valence-corrected chi connectivity index (χ4v) is 1.64. The molecular formula is C13H10F2N4OS. The van der Waals surface area contributed by atoms with E-state index in [4.69, 9.17) is 12.2 Å². The van der Waals surface area contributed by atoms with Crippen LogP contribution in [0, 0.1) is 11.6 Å². The number of rotatable bonds is 2. The highest BCUT2D eigenvalue weighted by atomic mass is 32.1. The number of nitrogens with one attached hydrogen (secondary N) is 3. The second kappa shape index (κ2) is 6.71. The van der Waals surface area contributed by atoms with Gasteiger partial charge in [-0.2, -0.15) is 0 Å². The van der Waals surface area contributed by atoms with E-state index < -0.39 is 17.5 Å². The topological polar surface area (TPSA) is 66.1 Å². The van der Waals surface area contributed by atoms with Crippen LogP contribution in [-0.4, -0.2) is 16.0 Å². The van der Waals surface area contributed by atoms with Crippen molar-refractivity contribution in [1.82, 2.24) is 15.8 Å². The molecule has 0 atom stereocenters. The molecule has 0 fully saturated rings. The van der Waals surface area contributed by atoms with Gasteiger partial charge in [0.1, 0.15) is 11.6 Å². The van der Waals surface area contributed by atoms with E-state index in [-0.39, 0.29) is 10.8 Å². The normalized spacial score (nSPS) is 9.81. The summed E-state index contributed by atoms with van der Waals surface area (Å²) in [5, 5.41) is 2.52. The quantitative estimate of drug-likeness (QED) is 0.585. The lowest BCUT2D eigenvalue weighted by molar-refractivity contribution is 0.0944. The van der Waals surface area contributed by atoms with Crippen molar-refractivity contribution in [3.63, 3.8) is 0 Å². The Balaban J connectivity index is 1.89. The average Bonchev–Trinajstić information content (AvgIpc) is 2.44. The van der Waals surface area contributed by atoms with Crippen molar-refractivity contribution in [2.45, 2.75) is 0 Å². The summed E-state index contributed by atoms with van der Waals surface area (Å²) >= 11 is 4.89. The molecule has 0 saturated carbocycles. The highest BCUT2D eigenvalue weighted by molar-refractivity contribution is 7.80. The second-order valence-corrected chi connectivity index (χ2v) is 4.34. The third kappa shape index (κ3) is 4.46. The first-order valence-electron chi connectivity index (χ1n) is 5.78. The van der Waals surface area contributed by atoms with Gasteiger partial charge in [0.15, 0.2) is 5.11 Å². The van der Waals surface area contributed by atoms with E-state index in [2.05, 4.69) is 21.2 Å². The van der Waals surface area contributed by atoms with Crippen molar-refractivity contribution in [3.8, 4) is 0 Å². The summed E-state index contributed by atoms with van der Waals surface area (Å²) in [6.45, 7) is 0. The van der Waals surface area contributed by atoms with Crippen LogP contribution in [0.3, 0.4) is 0 Å². The Morgan fingerprint density at radius 2 is 1.86 bits per heavy atom. The van der Waals surface area contributed by atoms with Crippen LogP contribution >= 0.6 is 12.2 Å². The van der Waals surface area contributed by atoms with E-state index in [1.165, 1.54) is 12.4 Å². The van der Waals surface area contributed by atoms with Crippen molar-refractivity contribution in [3.05, 3.63) is 59.9 Å². The fourth-order valence-electron chi connectivity index (χ4n) is 1.47. The number of aromatic nitrogens is 1. The Bertz CT molecular complexity index is 646. The molecule has 0 saturated heterocycles. The van der Waals surface area contributed by atoms with Gasteiger partial charge in [0, 0.05) is 24.1 Å². The monoisotopic (exact) mass is 308 g/mol. The molecule has 0 spiro atoms. The molecule has 0 radical (unpaired) electrons. The molecular weight excluding hydrogens is 298 g/mol. The fraction of sp³-hybridized carbons (Fsp3) is 0. The maximum Gasteiger partial charge on any atom is 0.271 e. The predicted octanol–water partition coefficient (Wildman–Crippen LogP) is 1.99. The number of hydrogen-bond donors (Lipinski definition) is 3. The molecule has 0 unspecified atom stereocenters. The molecule has 108 valence electrons. The molecule has 5 nitrogen and oxygen atoms in total. The highest BCUT2D eigenvalue weighted by Crippen LogP contribution is 2.12. The molecule has 1 aromatic carbocycles. The predicted molar refractivity (Wildman–Crippen MR) is 77.4 cm³/mol. The Kier molecular flexibility index (Phi) is 4.72. The molecule has 1 aromatic heterocycles. The minimum absolute atomic E-state index is 0.0164. The summed E-state index contributed by atoms with van der Waals surface area (Å²) < 4.78 is 26.0. The lowest BCUT2D eigenvalue weighted by Crippen LogP contribution is -2.43. The smallest absolute Gasteiger partial charge is 0.271 e. The molecule has 2 aromatic rings. The number of halogens is 2. The number of carbonyl (C=O) groups excluding carboxylic acids is 1. The summed E-state index contributed by atoms with van der Waals surface area (Å²) in [5.41, 5.74) is 5.21. The number of anilines is 1. The van der Waals surface area contributed by atoms with Crippen molar-refractivity contribution < 1.29 is 13.6 Å². The Morgan fingerprint density at radius 3 is 2.48 bits per heavy atom. The molecule has 8 heteroatoms. The number of carbonyl (C=O) groups is 1. The minimum Gasteiger partial charge on any atom is -0.331 e. The molecule has 0 aliphatic carbocycles. The summed E-state index contributed by atoms with van der Waals surface area (Å²) in [7, 11) is 0. The lowest BCUT2D eigenvalue weighted by Gasteiger charge is -2.11. The zero-order valence-electron chi connectivity index (χ0n) is 10.6. The summed E-state index contributed by atoms with van der Waals surface area (Å²) in [6.07, 6.45) is 2.92. The molecule has 1 amide bonds. The van der Waals surface area contributed by atoms with Crippen LogP contribution in [0.4, 0.5) is 14.5 Å². The standard InChI is InChI=1S/C13H10F2N4OS/c14-9-4-10(15)6-11(5-9)17-13(21)19-18-12(20)8-2-1-3-16-7-8/h1-7H,(H,18,20)(H2,17,19,21). The molecule has 3 N–H and O–H groups in total. The maximum absolute atomic E-state index is 13.0. The number of hydrazine groups is 1. The van der Waals surface area contributed by atoms with Crippen molar-refractivity contribution in [1.29, 1.82) is 0 Å². The van der Waals surface area contributed by atoms with Crippen molar-refractivity contribution >= 4 is 28.9 Å². The number of pyridine rings is 1. The van der Waals surface area contributed by atoms with Gasteiger partial charge in [-0.1, -0.05) is 0 Å². The van der Waals surface area contributed by atoms with Crippen LogP contribution in [0.15, 0.2) is 42.7 Å². The summed E-state index contributed by atoms with van der Waals surface area (Å²) in [5.74, 6) is -1.92. The Morgan fingerprint density at radius 1 is 1.14 bits per heavy atom. The number of thiocarbonyl (C=S) groups is 1. The van der Waals surface area contributed by atoms with Gasteiger partial charge in [-0.05, 0) is 36.5 Å². The van der Waals surface area contributed by atoms with E-state index in [9.17, 15) is 13.6 Å². The van der Waals surface area contributed by atoms with Gasteiger partial charge in [0.25, 0.3) is 5.91 Å². The number of hydrogen-bond acceptors (Lipinski definition) is 3. The van der Waals surface area contributed by atoms with Crippen LogP contribution in [0.1, 0.15) is 10.4 Å². The van der Waals surface area contributed by atoms with Crippen molar-refractivity contribution in [2.75, 3.05) is 5.32 Å². The van der Waals surface area contributed by atoms with Crippen LogP contribution in [0.5, 0.6) is 0 Å². The van der Waals surface area contributed by atoms with Gasteiger partial charge in [-0.25, -0.2) is 8.78 Å². The van der Waals surface area contributed by atoms with Gasteiger partial charge < -0.3 is 5.32 Å². The van der Waals surface area contributed by atoms with Gasteiger partial charge >= 0.3 is 0 Å². The lowest BCUT2D eigenvalue weighted by atomic mass is 10.3. The number of benzene rings is 1. The molecule has 2 rings (SSSR count). The largest absolute Gasteiger partial charge is 0.331 e. The van der Waals surface area contributed by atoms with Gasteiger partial charge in [0.05, 0.1) is 5.56 Å². The first-order chi connectivity index (χ1) is 10.0. The van der Waals surface area contributed by atoms with Gasteiger partial charge in [-0.15, -0.1) is 0 Å². The zero-order valence-corrected chi connectivity index (χ0v) is 11.4. The molecule has 0 aliphatic rings. The third-order valence-corrected chi connectivity index (χ3v) is 2.54.